The van der Waals surface area contributed by atoms with Gasteiger partial charge in [-0.1, -0.05) is 225 Å². The molecule has 0 radical (unpaired) electrons. The van der Waals surface area contributed by atoms with Crippen LogP contribution in [0.1, 0.15) is 43.2 Å². The summed E-state index contributed by atoms with van der Waals surface area (Å²) in [6, 6.07) is 87.7. The maximum Gasteiger partial charge on any atom is 0.0468 e. The lowest BCUT2D eigenvalue weighted by atomic mass is 9.81. The van der Waals surface area contributed by atoms with Crippen LogP contribution >= 0.6 is 0 Å². The average molecular weight is 1130 g/mol. The Balaban J connectivity index is 1.00. The third kappa shape index (κ3) is 9.18. The number of benzene rings is 12. The van der Waals surface area contributed by atoms with Crippen LogP contribution in [-0.2, 0) is 6.42 Å². The van der Waals surface area contributed by atoms with Crippen LogP contribution in [0.3, 0.4) is 0 Å². The highest BCUT2D eigenvalue weighted by Gasteiger charge is 2.29. The lowest BCUT2D eigenvalue weighted by Gasteiger charge is -2.34. The van der Waals surface area contributed by atoms with Gasteiger partial charge in [-0.05, 0) is 244 Å². The van der Waals surface area contributed by atoms with Gasteiger partial charge in [-0.15, -0.1) is 0 Å². The molecular weight excluding hydrogens is 1060 g/mol. The molecule has 12 aromatic carbocycles. The molecule has 0 heterocycles. The Kier molecular flexibility index (Phi) is 12.8. The molecule has 12 aromatic rings. The summed E-state index contributed by atoms with van der Waals surface area (Å²) in [5, 5.41) is 12.1. The van der Waals surface area contributed by atoms with E-state index in [0.29, 0.717) is 11.8 Å². The summed E-state index contributed by atoms with van der Waals surface area (Å²) in [7, 11) is 0. The van der Waals surface area contributed by atoms with Crippen molar-refractivity contribution in [3.05, 3.63) is 331 Å². The van der Waals surface area contributed by atoms with Crippen molar-refractivity contribution in [3.8, 4) is 44.5 Å². The smallest absolute Gasteiger partial charge is 0.0468 e. The molecule has 17 rings (SSSR count). The summed E-state index contributed by atoms with van der Waals surface area (Å²) in [6.07, 6.45) is 34.5. The van der Waals surface area contributed by atoms with Crippen molar-refractivity contribution in [1.82, 2.24) is 0 Å². The number of nitrogens with zero attached hydrogens (tertiary/aromatic N) is 2. The second-order valence-electron chi connectivity index (χ2n) is 24.5. The molecule has 2 nitrogen and oxygen atoms in total. The van der Waals surface area contributed by atoms with Gasteiger partial charge >= 0.3 is 0 Å². The van der Waals surface area contributed by atoms with Crippen LogP contribution < -0.4 is 9.80 Å². The highest BCUT2D eigenvalue weighted by Crippen LogP contribution is 2.52. The summed E-state index contributed by atoms with van der Waals surface area (Å²) in [4.78, 5) is 5.11. The molecule has 0 aliphatic heterocycles. The Hall–Kier alpha value is -10.5. The van der Waals surface area contributed by atoms with Crippen LogP contribution in [0, 0.1) is 11.8 Å². The number of fused-ring (bicyclic) bond motifs is 8. The molecule has 5 aliphatic carbocycles. The number of hydrogen-bond acceptors (Lipinski definition) is 2. The molecule has 5 aliphatic rings. The van der Waals surface area contributed by atoms with Crippen LogP contribution in [0.5, 0.6) is 0 Å². The lowest BCUT2D eigenvalue weighted by Crippen LogP contribution is -2.21. The summed E-state index contributed by atoms with van der Waals surface area (Å²) in [6.45, 7) is 0. The first-order valence-electron chi connectivity index (χ1n) is 31.5. The van der Waals surface area contributed by atoms with E-state index in [1.165, 1.54) is 144 Å². The Morgan fingerprint density at radius 1 is 0.386 bits per heavy atom. The first-order chi connectivity index (χ1) is 43.6. The third-order valence-electron chi connectivity index (χ3n) is 19.4. The zero-order valence-electron chi connectivity index (χ0n) is 49.2. The molecule has 0 aromatic heterocycles. The van der Waals surface area contributed by atoms with Crippen LogP contribution in [-0.4, -0.2) is 0 Å². The van der Waals surface area contributed by atoms with Gasteiger partial charge in [0, 0.05) is 40.1 Å². The fraction of sp³-hybridized carbons (Fsp3) is 0.0930. The van der Waals surface area contributed by atoms with Crippen LogP contribution in [0.25, 0.3) is 104 Å². The maximum absolute atomic E-state index is 2.57. The second-order valence-corrected chi connectivity index (χ2v) is 24.5. The molecule has 0 amide bonds. The quantitative estimate of drug-likeness (QED) is 0.126. The fourth-order valence-corrected chi connectivity index (χ4v) is 15.0. The molecule has 418 valence electrons. The fourth-order valence-electron chi connectivity index (χ4n) is 15.0. The van der Waals surface area contributed by atoms with Crippen molar-refractivity contribution < 1.29 is 0 Å². The number of rotatable bonds is 10. The summed E-state index contributed by atoms with van der Waals surface area (Å²) >= 11 is 0. The Morgan fingerprint density at radius 3 is 1.78 bits per heavy atom. The van der Waals surface area contributed by atoms with Crippen molar-refractivity contribution in [2.24, 2.45) is 11.8 Å². The summed E-state index contributed by atoms with van der Waals surface area (Å²) in [5.74, 6) is 0.824. The van der Waals surface area contributed by atoms with Crippen molar-refractivity contribution in [3.63, 3.8) is 0 Å². The number of allylic oxidation sites excluding steroid dienone is 14. The third-order valence-corrected chi connectivity index (χ3v) is 19.4. The first-order valence-corrected chi connectivity index (χ1v) is 31.5. The van der Waals surface area contributed by atoms with E-state index in [9.17, 15) is 0 Å². The normalized spacial score (nSPS) is 16.7. The predicted octanol–water partition coefficient (Wildman–Crippen LogP) is 23.5. The molecule has 88 heavy (non-hydrogen) atoms. The average Bonchev–Trinajstić information content (AvgIpc) is 1.05. The van der Waals surface area contributed by atoms with Crippen molar-refractivity contribution in [2.75, 3.05) is 9.80 Å². The molecule has 0 fully saturated rings. The van der Waals surface area contributed by atoms with E-state index in [2.05, 4.69) is 313 Å². The van der Waals surface area contributed by atoms with Crippen molar-refractivity contribution in [1.29, 1.82) is 0 Å². The van der Waals surface area contributed by atoms with Crippen LogP contribution in [0.2, 0.25) is 0 Å². The van der Waals surface area contributed by atoms with E-state index in [0.717, 1.165) is 49.2 Å². The molecule has 2 heteroatoms. The molecule has 2 unspecified atom stereocenters. The first kappa shape index (κ1) is 51.8. The SMILES string of the molecule is C1=CC2=CC=C(N(c3ccc4c(c3)C=CCC4)c3ccc4c(-c5ccccc5-c5ccc6ccccc6c5)c5cc(N(C6=CCC7CCC=CC7=C6)c6ccc7ccccc7c6)ccc5c(-c5cc6ccccc6cc5-c5ccccc5)c4c3)CC2C=C1. The minimum atomic E-state index is 0.290. The Labute approximate surface area is 515 Å². The number of hydrogen-bond donors (Lipinski definition) is 0. The topological polar surface area (TPSA) is 6.48 Å². The van der Waals surface area contributed by atoms with Gasteiger partial charge < -0.3 is 9.80 Å². The number of anilines is 4. The molecular formula is C86H64N2. The van der Waals surface area contributed by atoms with Crippen molar-refractivity contribution in [2.45, 2.75) is 38.5 Å². The molecule has 2 atom stereocenters. The second kappa shape index (κ2) is 21.8. The number of aryl methyl sites for hydroxylation is 1. The molecule has 0 saturated carbocycles. The maximum atomic E-state index is 2.57. The highest BCUT2D eigenvalue weighted by atomic mass is 15.2. The predicted molar refractivity (Wildman–Crippen MR) is 375 cm³/mol. The zero-order valence-corrected chi connectivity index (χ0v) is 49.2. The minimum absolute atomic E-state index is 0.290. The van der Waals surface area contributed by atoms with Gasteiger partial charge in [-0.25, -0.2) is 0 Å². The molecule has 0 spiro atoms. The van der Waals surface area contributed by atoms with Gasteiger partial charge in [-0.2, -0.15) is 0 Å². The largest absolute Gasteiger partial charge is 0.314 e. The van der Waals surface area contributed by atoms with E-state index in [1.54, 1.807) is 0 Å². The lowest BCUT2D eigenvalue weighted by molar-refractivity contribution is 0.562. The van der Waals surface area contributed by atoms with Gasteiger partial charge in [0.1, 0.15) is 0 Å². The summed E-state index contributed by atoms with van der Waals surface area (Å²) < 4.78 is 0. The van der Waals surface area contributed by atoms with Crippen molar-refractivity contribution >= 4 is 82.7 Å². The van der Waals surface area contributed by atoms with Crippen LogP contribution in [0.15, 0.2) is 320 Å². The van der Waals surface area contributed by atoms with Crippen LogP contribution in [0.4, 0.5) is 22.7 Å². The Bertz CT molecular complexity index is 5110. The molecule has 0 bridgehead atoms. The van der Waals surface area contributed by atoms with E-state index in [4.69, 9.17) is 0 Å². The summed E-state index contributed by atoms with van der Waals surface area (Å²) in [5.41, 5.74) is 22.1. The Morgan fingerprint density at radius 2 is 1.00 bits per heavy atom. The molecule has 0 N–H and O–H groups in total. The van der Waals surface area contributed by atoms with Gasteiger partial charge in [0.25, 0.3) is 0 Å². The van der Waals surface area contributed by atoms with Gasteiger partial charge in [-0.3, -0.25) is 0 Å². The molecule has 0 saturated heterocycles. The van der Waals surface area contributed by atoms with E-state index in [-0.39, 0.29) is 0 Å². The monoisotopic (exact) mass is 1120 g/mol. The van der Waals surface area contributed by atoms with E-state index in [1.807, 2.05) is 0 Å². The van der Waals surface area contributed by atoms with E-state index >= 15 is 0 Å². The highest BCUT2D eigenvalue weighted by molar-refractivity contribution is 6.25. The zero-order chi connectivity index (χ0) is 58.1. The minimum Gasteiger partial charge on any atom is -0.314 e. The van der Waals surface area contributed by atoms with Gasteiger partial charge in [0.05, 0.1) is 0 Å². The van der Waals surface area contributed by atoms with Gasteiger partial charge in [0.15, 0.2) is 0 Å². The van der Waals surface area contributed by atoms with E-state index < -0.39 is 0 Å². The standard InChI is InChI=1S/C86H64N2/c1-2-23-62(24-3-1)81-53-68-30-14-15-31-69(68)54-82(81)86-80-47-45-75(87(71-40-36-58-19-5-10-26-64(58)49-71)72-41-37-59-20-6-11-27-65(59)50-72)55-83(80)85(78-33-17-16-32-77(78)70-35-34-57-18-4-9-25-63(57)48-70)79-46-44-76(56-84(79)86)88(73-42-38-60-21-7-12-28-66(60)51-73)74-43-39-61-22-8-13-29-67(61)52-74/h1-5,7,9-19,21,23-36,38-50,52-56,59,66H,6,8,20,22,37,51H2. The van der Waals surface area contributed by atoms with Gasteiger partial charge in [0.2, 0.25) is 0 Å².